The second-order valence-corrected chi connectivity index (χ2v) is 9.02. The van der Waals surface area contributed by atoms with Gasteiger partial charge in [-0.15, -0.1) is 0 Å². The molecule has 1 atom stereocenters. The number of piperazine rings is 1. The van der Waals surface area contributed by atoms with Crippen LogP contribution in [0.2, 0.25) is 10.0 Å². The Hall–Kier alpha value is -1.30. The fourth-order valence-electron chi connectivity index (χ4n) is 4.62. The van der Waals surface area contributed by atoms with E-state index in [0.717, 1.165) is 38.9 Å². The first-order valence-electron chi connectivity index (χ1n) is 10.7. The third kappa shape index (κ3) is 5.25. The normalized spacial score (nSPS) is 19.4. The van der Waals surface area contributed by atoms with Crippen LogP contribution in [0.25, 0.3) is 0 Å². The van der Waals surface area contributed by atoms with Gasteiger partial charge in [0.25, 0.3) is 5.91 Å². The van der Waals surface area contributed by atoms with E-state index in [-0.39, 0.29) is 17.9 Å². The summed E-state index contributed by atoms with van der Waals surface area (Å²) in [6.45, 7) is 5.57. The van der Waals surface area contributed by atoms with Crippen molar-refractivity contribution < 1.29 is 9.59 Å². The second kappa shape index (κ2) is 10.1. The van der Waals surface area contributed by atoms with E-state index in [1.807, 2.05) is 16.8 Å². The van der Waals surface area contributed by atoms with Gasteiger partial charge in [0.15, 0.2) is 0 Å². The van der Waals surface area contributed by atoms with Crippen LogP contribution in [-0.2, 0) is 4.79 Å². The van der Waals surface area contributed by atoms with Gasteiger partial charge in [-0.2, -0.15) is 0 Å². The standard InChI is InChI=1S/C22H31Cl2N3O2/c1-3-10-25(2)22(29)20(16-6-4-5-7-16)26-11-13-27(14-12-26)21(28)17-8-9-18(23)19(24)15-17/h8-9,15-16,20H,3-7,10-14H2,1-2H3/t20-/m1/s1. The molecule has 0 spiro atoms. The number of carbonyl (C=O) groups is 2. The number of hydrogen-bond donors (Lipinski definition) is 0. The zero-order chi connectivity index (χ0) is 21.0. The highest BCUT2D eigenvalue weighted by molar-refractivity contribution is 6.42. The molecule has 2 aliphatic rings. The van der Waals surface area contributed by atoms with Gasteiger partial charge < -0.3 is 9.80 Å². The highest BCUT2D eigenvalue weighted by Crippen LogP contribution is 2.32. The van der Waals surface area contributed by atoms with Crippen molar-refractivity contribution in [2.45, 2.75) is 45.1 Å². The number of carbonyl (C=O) groups excluding carboxylic acids is 2. The van der Waals surface area contributed by atoms with Crippen LogP contribution in [0.15, 0.2) is 18.2 Å². The molecule has 5 nitrogen and oxygen atoms in total. The summed E-state index contributed by atoms with van der Waals surface area (Å²) in [5.41, 5.74) is 0.555. The van der Waals surface area contributed by atoms with E-state index in [4.69, 9.17) is 23.2 Å². The van der Waals surface area contributed by atoms with Crippen molar-refractivity contribution in [2.24, 2.45) is 5.92 Å². The lowest BCUT2D eigenvalue weighted by Crippen LogP contribution is -2.58. The Labute approximate surface area is 183 Å². The summed E-state index contributed by atoms with van der Waals surface area (Å²) in [5.74, 6) is 0.636. The van der Waals surface area contributed by atoms with Crippen molar-refractivity contribution in [3.63, 3.8) is 0 Å². The molecule has 2 fully saturated rings. The van der Waals surface area contributed by atoms with Gasteiger partial charge in [-0.25, -0.2) is 0 Å². The minimum absolute atomic E-state index is 0.0324. The molecule has 1 saturated heterocycles. The minimum Gasteiger partial charge on any atom is -0.344 e. The van der Waals surface area contributed by atoms with Gasteiger partial charge >= 0.3 is 0 Å². The Bertz CT molecular complexity index is 729. The maximum absolute atomic E-state index is 13.2. The summed E-state index contributed by atoms with van der Waals surface area (Å²) in [5, 5.41) is 0.837. The number of amides is 2. The maximum atomic E-state index is 13.2. The van der Waals surface area contributed by atoms with Crippen molar-refractivity contribution in [2.75, 3.05) is 39.8 Å². The van der Waals surface area contributed by atoms with Crippen LogP contribution in [-0.4, -0.2) is 72.3 Å². The zero-order valence-corrected chi connectivity index (χ0v) is 18.9. The van der Waals surface area contributed by atoms with E-state index >= 15 is 0 Å². The summed E-state index contributed by atoms with van der Waals surface area (Å²) < 4.78 is 0. The number of nitrogens with zero attached hydrogens (tertiary/aromatic N) is 3. The quantitative estimate of drug-likeness (QED) is 0.667. The first kappa shape index (κ1) is 22.4. The van der Waals surface area contributed by atoms with Gasteiger partial charge in [0, 0.05) is 45.3 Å². The Morgan fingerprint density at radius 1 is 1.10 bits per heavy atom. The van der Waals surface area contributed by atoms with E-state index in [1.54, 1.807) is 18.2 Å². The molecule has 3 rings (SSSR count). The van der Waals surface area contributed by atoms with Gasteiger partial charge in [-0.3, -0.25) is 14.5 Å². The molecular weight excluding hydrogens is 409 g/mol. The van der Waals surface area contributed by atoms with E-state index in [0.29, 0.717) is 34.6 Å². The smallest absolute Gasteiger partial charge is 0.253 e. The van der Waals surface area contributed by atoms with Crippen molar-refractivity contribution in [1.82, 2.24) is 14.7 Å². The average molecular weight is 440 g/mol. The molecule has 1 aromatic carbocycles. The predicted molar refractivity (Wildman–Crippen MR) is 118 cm³/mol. The first-order chi connectivity index (χ1) is 13.9. The molecule has 0 unspecified atom stereocenters. The highest BCUT2D eigenvalue weighted by Gasteiger charge is 2.38. The van der Waals surface area contributed by atoms with Crippen LogP contribution in [0.3, 0.4) is 0 Å². The first-order valence-corrected chi connectivity index (χ1v) is 11.4. The molecular formula is C22H31Cl2N3O2. The molecule has 1 heterocycles. The second-order valence-electron chi connectivity index (χ2n) is 8.21. The minimum atomic E-state index is -0.0590. The van der Waals surface area contributed by atoms with Crippen LogP contribution in [0.4, 0.5) is 0 Å². The summed E-state index contributed by atoms with van der Waals surface area (Å²) in [6.07, 6.45) is 5.63. The lowest BCUT2D eigenvalue weighted by atomic mass is 9.94. The van der Waals surface area contributed by atoms with E-state index < -0.39 is 0 Å². The lowest BCUT2D eigenvalue weighted by molar-refractivity contribution is -0.138. The zero-order valence-electron chi connectivity index (χ0n) is 17.4. The molecule has 2 amide bonds. The summed E-state index contributed by atoms with van der Waals surface area (Å²) in [7, 11) is 1.91. The van der Waals surface area contributed by atoms with Crippen LogP contribution in [0.1, 0.15) is 49.4 Å². The third-order valence-electron chi connectivity index (χ3n) is 6.20. The predicted octanol–water partition coefficient (Wildman–Crippen LogP) is 4.18. The molecule has 160 valence electrons. The average Bonchev–Trinajstić information content (AvgIpc) is 3.24. The molecule has 0 bridgehead atoms. The molecule has 0 N–H and O–H groups in total. The van der Waals surface area contributed by atoms with E-state index in [9.17, 15) is 9.59 Å². The van der Waals surface area contributed by atoms with Gasteiger partial charge in [-0.1, -0.05) is 43.0 Å². The molecule has 0 radical (unpaired) electrons. The van der Waals surface area contributed by atoms with Crippen LogP contribution >= 0.6 is 23.2 Å². The summed E-state index contributed by atoms with van der Waals surface area (Å²) in [6, 6.07) is 4.94. The molecule has 1 aromatic rings. The number of likely N-dealkylation sites (N-methyl/N-ethyl adjacent to an activating group) is 1. The van der Waals surface area contributed by atoms with Crippen LogP contribution in [0, 0.1) is 5.92 Å². The molecule has 1 aliphatic carbocycles. The summed E-state index contributed by atoms with van der Waals surface area (Å²) >= 11 is 12.0. The topological polar surface area (TPSA) is 43.9 Å². The third-order valence-corrected chi connectivity index (χ3v) is 6.94. The highest BCUT2D eigenvalue weighted by atomic mass is 35.5. The van der Waals surface area contributed by atoms with Crippen molar-refractivity contribution in [1.29, 1.82) is 0 Å². The monoisotopic (exact) mass is 439 g/mol. The Morgan fingerprint density at radius 2 is 1.76 bits per heavy atom. The maximum Gasteiger partial charge on any atom is 0.253 e. The number of halogens is 2. The number of rotatable bonds is 6. The van der Waals surface area contributed by atoms with E-state index in [2.05, 4.69) is 11.8 Å². The molecule has 1 saturated carbocycles. The molecule has 29 heavy (non-hydrogen) atoms. The van der Waals surface area contributed by atoms with Gasteiger partial charge in [0.05, 0.1) is 16.1 Å². The lowest BCUT2D eigenvalue weighted by Gasteiger charge is -2.42. The molecule has 7 heteroatoms. The summed E-state index contributed by atoms with van der Waals surface area (Å²) in [4.78, 5) is 32.1. The Kier molecular flexibility index (Phi) is 7.83. The van der Waals surface area contributed by atoms with Crippen molar-refractivity contribution in [3.05, 3.63) is 33.8 Å². The van der Waals surface area contributed by atoms with Crippen molar-refractivity contribution >= 4 is 35.0 Å². The fraction of sp³-hybridized carbons (Fsp3) is 0.636. The largest absolute Gasteiger partial charge is 0.344 e. The van der Waals surface area contributed by atoms with Gasteiger partial charge in [0.2, 0.25) is 5.91 Å². The van der Waals surface area contributed by atoms with E-state index in [1.165, 1.54) is 12.8 Å². The van der Waals surface area contributed by atoms with Crippen LogP contribution in [0.5, 0.6) is 0 Å². The van der Waals surface area contributed by atoms with Crippen LogP contribution < -0.4 is 0 Å². The molecule has 1 aliphatic heterocycles. The SMILES string of the molecule is CCCN(C)C(=O)[C@@H](C1CCCC1)N1CCN(C(=O)c2ccc(Cl)c(Cl)c2)CC1. The van der Waals surface area contributed by atoms with Gasteiger partial charge in [0.1, 0.15) is 0 Å². The van der Waals surface area contributed by atoms with Crippen molar-refractivity contribution in [3.8, 4) is 0 Å². The molecule has 0 aromatic heterocycles. The fourth-order valence-corrected chi connectivity index (χ4v) is 4.91. The number of benzene rings is 1. The number of hydrogen-bond acceptors (Lipinski definition) is 3. The Morgan fingerprint density at radius 3 is 2.34 bits per heavy atom. The van der Waals surface area contributed by atoms with Gasteiger partial charge in [-0.05, 0) is 43.4 Å². The Balaban J connectivity index is 1.66.